The van der Waals surface area contributed by atoms with Crippen molar-refractivity contribution in [2.45, 2.75) is 18.6 Å². The summed E-state index contributed by atoms with van der Waals surface area (Å²) in [7, 11) is 0. The summed E-state index contributed by atoms with van der Waals surface area (Å²) in [5.41, 5.74) is -1.37. The molecule has 0 spiro atoms. The van der Waals surface area contributed by atoms with Gasteiger partial charge >= 0.3 is 6.18 Å². The molecule has 0 bridgehead atoms. The maximum Gasteiger partial charge on any atom is 0.423 e. The minimum atomic E-state index is -4.84. The van der Waals surface area contributed by atoms with Crippen LogP contribution in [-0.4, -0.2) is 22.7 Å². The van der Waals surface area contributed by atoms with Crippen LogP contribution in [0.25, 0.3) is 0 Å². The molecule has 0 unspecified atom stereocenters. The highest BCUT2D eigenvalue weighted by Gasteiger charge is 2.38. The molecule has 24 heavy (non-hydrogen) atoms. The molecule has 5 nitrogen and oxygen atoms in total. The Morgan fingerprint density at radius 1 is 1.17 bits per heavy atom. The van der Waals surface area contributed by atoms with Crippen LogP contribution < -0.4 is 5.32 Å². The molecule has 0 aromatic heterocycles. The summed E-state index contributed by atoms with van der Waals surface area (Å²) in [5.74, 6) is 0. The number of aliphatic hydroxyl groups excluding tert-OH is 1. The molecule has 128 valence electrons. The fraction of sp³-hybridized carbons (Fsp3) is 0.250. The lowest BCUT2D eigenvalue weighted by Crippen LogP contribution is -2.26. The Morgan fingerprint density at radius 2 is 1.83 bits per heavy atom. The Hall–Kier alpha value is -2.61. The van der Waals surface area contributed by atoms with Gasteiger partial charge in [-0.1, -0.05) is 30.3 Å². The summed E-state index contributed by atoms with van der Waals surface area (Å²) >= 11 is 0. The Labute approximate surface area is 135 Å². The predicted octanol–water partition coefficient (Wildman–Crippen LogP) is 3.63. The number of halogens is 3. The number of alkyl halides is 3. The van der Waals surface area contributed by atoms with Gasteiger partial charge in [0.1, 0.15) is 5.56 Å². The van der Waals surface area contributed by atoms with Crippen LogP contribution in [0.1, 0.15) is 11.1 Å². The standard InChI is InChI=1S/C16H15F3N2O3/c17-16(18,19)14-9-12(6-7-15(14)21(23)24)20-13(10-22)8-11-4-2-1-3-5-11/h1-7,9,13,20,22H,8,10H2/t13-/m0/s1. The summed E-state index contributed by atoms with van der Waals surface area (Å²) in [6.45, 7) is -0.298. The van der Waals surface area contributed by atoms with Crippen molar-refractivity contribution in [3.05, 3.63) is 69.8 Å². The molecule has 0 aliphatic carbocycles. The van der Waals surface area contributed by atoms with E-state index >= 15 is 0 Å². The number of nitrogens with one attached hydrogen (secondary N) is 1. The first-order valence-corrected chi connectivity index (χ1v) is 7.08. The van der Waals surface area contributed by atoms with Crippen molar-refractivity contribution < 1.29 is 23.2 Å². The molecule has 0 heterocycles. The number of aliphatic hydroxyl groups is 1. The van der Waals surface area contributed by atoms with Crippen LogP contribution in [0.4, 0.5) is 24.5 Å². The van der Waals surface area contributed by atoms with Gasteiger partial charge in [0.15, 0.2) is 0 Å². The number of nitrogens with zero attached hydrogens (tertiary/aromatic N) is 1. The molecule has 2 N–H and O–H groups in total. The maximum atomic E-state index is 13.0. The summed E-state index contributed by atoms with van der Waals surface area (Å²) in [5, 5.41) is 23.0. The van der Waals surface area contributed by atoms with Crippen LogP contribution in [0, 0.1) is 10.1 Å². The number of hydrogen-bond acceptors (Lipinski definition) is 4. The minimum absolute atomic E-state index is 0.0582. The second kappa shape index (κ2) is 7.31. The Bertz CT molecular complexity index is 705. The molecule has 0 fully saturated rings. The summed E-state index contributed by atoms with van der Waals surface area (Å²) < 4.78 is 38.9. The minimum Gasteiger partial charge on any atom is -0.394 e. The third kappa shape index (κ3) is 4.45. The van der Waals surface area contributed by atoms with E-state index < -0.39 is 28.4 Å². The number of benzene rings is 2. The first-order chi connectivity index (χ1) is 11.3. The number of anilines is 1. The second-order valence-electron chi connectivity index (χ2n) is 5.20. The lowest BCUT2D eigenvalue weighted by atomic mass is 10.1. The van der Waals surface area contributed by atoms with E-state index in [0.717, 1.165) is 11.6 Å². The highest BCUT2D eigenvalue weighted by molar-refractivity contribution is 5.55. The van der Waals surface area contributed by atoms with Crippen molar-refractivity contribution in [2.75, 3.05) is 11.9 Å². The zero-order valence-corrected chi connectivity index (χ0v) is 12.5. The smallest absolute Gasteiger partial charge is 0.394 e. The van der Waals surface area contributed by atoms with Crippen LogP contribution in [0.2, 0.25) is 0 Å². The Morgan fingerprint density at radius 3 is 2.38 bits per heavy atom. The number of nitro benzene ring substituents is 1. The predicted molar refractivity (Wildman–Crippen MR) is 82.7 cm³/mol. The molecule has 0 saturated carbocycles. The van der Waals surface area contributed by atoms with E-state index in [1.165, 1.54) is 6.07 Å². The van der Waals surface area contributed by atoms with E-state index in [1.54, 1.807) is 0 Å². The fourth-order valence-electron chi connectivity index (χ4n) is 2.31. The van der Waals surface area contributed by atoms with Gasteiger partial charge in [0.25, 0.3) is 5.69 Å². The van der Waals surface area contributed by atoms with Gasteiger partial charge in [0.2, 0.25) is 0 Å². The third-order valence-electron chi connectivity index (χ3n) is 3.41. The highest BCUT2D eigenvalue weighted by atomic mass is 19.4. The Balaban J connectivity index is 2.23. The fourth-order valence-corrected chi connectivity index (χ4v) is 2.31. The van der Waals surface area contributed by atoms with Crippen LogP contribution in [0.5, 0.6) is 0 Å². The lowest BCUT2D eigenvalue weighted by Gasteiger charge is -2.19. The van der Waals surface area contributed by atoms with Gasteiger partial charge in [0, 0.05) is 11.8 Å². The second-order valence-corrected chi connectivity index (χ2v) is 5.20. The average Bonchev–Trinajstić information content (AvgIpc) is 2.54. The normalized spacial score (nSPS) is 12.7. The molecule has 0 saturated heterocycles. The third-order valence-corrected chi connectivity index (χ3v) is 3.41. The average molecular weight is 340 g/mol. The van der Waals surface area contributed by atoms with E-state index in [1.807, 2.05) is 30.3 Å². The molecule has 8 heteroatoms. The maximum absolute atomic E-state index is 13.0. The van der Waals surface area contributed by atoms with Crippen molar-refractivity contribution >= 4 is 11.4 Å². The van der Waals surface area contributed by atoms with Gasteiger partial charge in [-0.05, 0) is 24.1 Å². The van der Waals surface area contributed by atoms with E-state index in [0.29, 0.717) is 12.5 Å². The van der Waals surface area contributed by atoms with Gasteiger partial charge in [-0.2, -0.15) is 13.2 Å². The topological polar surface area (TPSA) is 75.4 Å². The number of rotatable bonds is 6. The first-order valence-electron chi connectivity index (χ1n) is 7.08. The Kier molecular flexibility index (Phi) is 5.40. The van der Waals surface area contributed by atoms with Crippen molar-refractivity contribution in [1.29, 1.82) is 0 Å². The van der Waals surface area contributed by atoms with Crippen LogP contribution in [0.15, 0.2) is 48.5 Å². The summed E-state index contributed by atoms with van der Waals surface area (Å²) in [6.07, 6.45) is -4.44. The van der Waals surface area contributed by atoms with Crippen molar-refractivity contribution in [1.82, 2.24) is 0 Å². The van der Waals surface area contributed by atoms with Crippen LogP contribution in [0.3, 0.4) is 0 Å². The van der Waals surface area contributed by atoms with E-state index in [2.05, 4.69) is 5.32 Å². The molecule has 0 amide bonds. The van der Waals surface area contributed by atoms with Crippen molar-refractivity contribution in [2.24, 2.45) is 0 Å². The van der Waals surface area contributed by atoms with E-state index in [4.69, 9.17) is 0 Å². The molecule has 0 aliphatic heterocycles. The van der Waals surface area contributed by atoms with E-state index in [9.17, 15) is 28.4 Å². The molecular weight excluding hydrogens is 325 g/mol. The summed E-state index contributed by atoms with van der Waals surface area (Å²) in [6, 6.07) is 11.3. The molecule has 0 radical (unpaired) electrons. The molecule has 2 aromatic carbocycles. The molecular formula is C16H15F3N2O3. The lowest BCUT2D eigenvalue weighted by molar-refractivity contribution is -0.388. The zero-order chi connectivity index (χ0) is 17.7. The monoisotopic (exact) mass is 340 g/mol. The van der Waals surface area contributed by atoms with Gasteiger partial charge in [-0.15, -0.1) is 0 Å². The zero-order valence-electron chi connectivity index (χ0n) is 12.5. The highest BCUT2D eigenvalue weighted by Crippen LogP contribution is 2.37. The summed E-state index contributed by atoms with van der Waals surface area (Å²) in [4.78, 5) is 9.68. The van der Waals surface area contributed by atoms with Crippen LogP contribution in [-0.2, 0) is 12.6 Å². The largest absolute Gasteiger partial charge is 0.423 e. The number of hydrogen-bond donors (Lipinski definition) is 2. The molecule has 2 aromatic rings. The van der Waals surface area contributed by atoms with Gasteiger partial charge in [-0.25, -0.2) is 0 Å². The van der Waals surface area contributed by atoms with Gasteiger partial charge in [0.05, 0.1) is 17.6 Å². The SMILES string of the molecule is O=[N+]([O-])c1ccc(N[C@H](CO)Cc2ccccc2)cc1C(F)(F)F. The van der Waals surface area contributed by atoms with Crippen molar-refractivity contribution in [3.63, 3.8) is 0 Å². The van der Waals surface area contributed by atoms with Gasteiger partial charge in [-0.3, -0.25) is 10.1 Å². The van der Waals surface area contributed by atoms with Gasteiger partial charge < -0.3 is 10.4 Å². The van der Waals surface area contributed by atoms with Crippen LogP contribution >= 0.6 is 0 Å². The first kappa shape index (κ1) is 17.7. The molecule has 2 rings (SSSR count). The quantitative estimate of drug-likeness (QED) is 0.622. The number of nitro groups is 1. The van der Waals surface area contributed by atoms with Crippen molar-refractivity contribution in [3.8, 4) is 0 Å². The molecule has 1 atom stereocenters. The van der Waals surface area contributed by atoms with E-state index in [-0.39, 0.29) is 12.3 Å². The molecule has 0 aliphatic rings.